The summed E-state index contributed by atoms with van der Waals surface area (Å²) in [6, 6.07) is 10.6. The van der Waals surface area contributed by atoms with Crippen molar-refractivity contribution in [2.24, 2.45) is 0 Å². The predicted octanol–water partition coefficient (Wildman–Crippen LogP) is 4.16. The van der Waals surface area contributed by atoms with Crippen LogP contribution in [-0.2, 0) is 11.3 Å². The van der Waals surface area contributed by atoms with Crippen LogP contribution in [0.2, 0.25) is 0 Å². The summed E-state index contributed by atoms with van der Waals surface area (Å²) in [5, 5.41) is 2.76. The first-order chi connectivity index (χ1) is 11.3. The first-order valence-electron chi connectivity index (χ1n) is 7.14. The van der Waals surface area contributed by atoms with Crippen LogP contribution in [-0.4, -0.2) is 17.6 Å². The Balaban J connectivity index is 1.59. The molecular weight excluding hydrogens is 314 g/mol. The van der Waals surface area contributed by atoms with E-state index in [1.54, 1.807) is 37.5 Å². The average Bonchev–Trinajstić information content (AvgIpc) is 3.25. The highest BCUT2D eigenvalue weighted by Gasteiger charge is 2.09. The van der Waals surface area contributed by atoms with Crippen LogP contribution < -0.4 is 4.74 Å². The molecule has 2 aromatic heterocycles. The molecule has 0 saturated heterocycles. The molecule has 0 aliphatic rings. The molecule has 0 bridgehead atoms. The summed E-state index contributed by atoms with van der Waals surface area (Å²) < 4.78 is 15.9. The van der Waals surface area contributed by atoms with Crippen molar-refractivity contribution in [1.82, 2.24) is 4.98 Å². The summed E-state index contributed by atoms with van der Waals surface area (Å²) in [6.07, 6.45) is 1.62. The molecule has 3 rings (SSSR count). The fourth-order valence-electron chi connectivity index (χ4n) is 1.95. The zero-order valence-corrected chi connectivity index (χ0v) is 13.3. The molecule has 5 nitrogen and oxygen atoms in total. The monoisotopic (exact) mass is 329 g/mol. The summed E-state index contributed by atoms with van der Waals surface area (Å²) >= 11 is 1.51. The van der Waals surface area contributed by atoms with Crippen LogP contribution in [0.5, 0.6) is 5.75 Å². The molecule has 0 aliphatic heterocycles. The standard InChI is InChI=1S/C17H15NO4S/c1-2-20-17(19)12-5-7-14(8-6-12)22-10-13-11-23-16(18-13)15-4-3-9-21-15/h3-9,11H,2,10H2,1H3. The number of hydrogen-bond acceptors (Lipinski definition) is 6. The topological polar surface area (TPSA) is 61.6 Å². The van der Waals surface area contributed by atoms with Crippen LogP contribution in [0, 0.1) is 0 Å². The molecule has 0 unspecified atom stereocenters. The summed E-state index contributed by atoms with van der Waals surface area (Å²) in [4.78, 5) is 16.0. The molecule has 6 heteroatoms. The Morgan fingerprint density at radius 3 is 2.78 bits per heavy atom. The number of furan rings is 1. The van der Waals surface area contributed by atoms with Gasteiger partial charge in [-0.3, -0.25) is 0 Å². The Kier molecular flexibility index (Phi) is 4.73. The van der Waals surface area contributed by atoms with Crippen LogP contribution in [0.3, 0.4) is 0 Å². The van der Waals surface area contributed by atoms with Crippen molar-refractivity contribution >= 4 is 17.3 Å². The summed E-state index contributed by atoms with van der Waals surface area (Å²) in [5.74, 6) is 1.09. The van der Waals surface area contributed by atoms with Crippen LogP contribution in [0.15, 0.2) is 52.5 Å². The molecule has 118 valence electrons. The summed E-state index contributed by atoms with van der Waals surface area (Å²) in [6.45, 7) is 2.50. The molecule has 0 radical (unpaired) electrons. The van der Waals surface area contributed by atoms with Gasteiger partial charge in [-0.1, -0.05) is 0 Å². The van der Waals surface area contributed by atoms with E-state index in [0.29, 0.717) is 24.5 Å². The van der Waals surface area contributed by atoms with Crippen LogP contribution >= 0.6 is 11.3 Å². The van der Waals surface area contributed by atoms with Gasteiger partial charge in [0.2, 0.25) is 0 Å². The van der Waals surface area contributed by atoms with E-state index in [2.05, 4.69) is 4.98 Å². The highest BCUT2D eigenvalue weighted by molar-refractivity contribution is 7.13. The van der Waals surface area contributed by atoms with Crippen LogP contribution in [0.4, 0.5) is 0 Å². The molecule has 1 aromatic carbocycles. The number of carbonyl (C=O) groups is 1. The molecule has 2 heterocycles. The third-order valence-corrected chi connectivity index (χ3v) is 3.94. The first-order valence-corrected chi connectivity index (χ1v) is 8.02. The molecule has 3 aromatic rings. The minimum Gasteiger partial charge on any atom is -0.487 e. The van der Waals surface area contributed by atoms with Crippen LogP contribution in [0.1, 0.15) is 23.0 Å². The van der Waals surface area contributed by atoms with Gasteiger partial charge in [0.15, 0.2) is 10.8 Å². The molecule has 0 atom stereocenters. The number of rotatable bonds is 6. The number of thiazole rings is 1. The highest BCUT2D eigenvalue weighted by Crippen LogP contribution is 2.24. The second-order valence-electron chi connectivity index (χ2n) is 4.65. The lowest BCUT2D eigenvalue weighted by Gasteiger charge is -2.05. The fraction of sp³-hybridized carbons (Fsp3) is 0.176. The third kappa shape index (κ3) is 3.78. The van der Waals surface area contributed by atoms with E-state index in [9.17, 15) is 4.79 Å². The average molecular weight is 329 g/mol. The van der Waals surface area contributed by atoms with E-state index in [-0.39, 0.29) is 5.97 Å². The number of ether oxygens (including phenoxy) is 2. The van der Waals surface area contributed by atoms with Gasteiger partial charge >= 0.3 is 5.97 Å². The van der Waals surface area contributed by atoms with Gasteiger partial charge in [0.05, 0.1) is 24.1 Å². The van der Waals surface area contributed by atoms with Crippen molar-refractivity contribution < 1.29 is 18.7 Å². The van der Waals surface area contributed by atoms with Crippen molar-refractivity contribution in [3.63, 3.8) is 0 Å². The SMILES string of the molecule is CCOC(=O)c1ccc(OCc2csc(-c3ccco3)n2)cc1. The Labute approximate surface area is 137 Å². The number of hydrogen-bond donors (Lipinski definition) is 0. The molecule has 0 saturated carbocycles. The fourth-order valence-corrected chi connectivity index (χ4v) is 2.72. The van der Waals surface area contributed by atoms with E-state index in [1.807, 2.05) is 17.5 Å². The summed E-state index contributed by atoms with van der Waals surface area (Å²) in [5.41, 5.74) is 1.34. The van der Waals surface area contributed by atoms with Gasteiger partial charge in [0.25, 0.3) is 0 Å². The van der Waals surface area contributed by atoms with Gasteiger partial charge in [-0.15, -0.1) is 11.3 Å². The van der Waals surface area contributed by atoms with E-state index < -0.39 is 0 Å². The smallest absolute Gasteiger partial charge is 0.338 e. The zero-order chi connectivity index (χ0) is 16.1. The minimum atomic E-state index is -0.332. The van der Waals surface area contributed by atoms with Gasteiger partial charge in [-0.05, 0) is 43.3 Å². The lowest BCUT2D eigenvalue weighted by Crippen LogP contribution is -2.04. The van der Waals surface area contributed by atoms with Crippen LogP contribution in [0.25, 0.3) is 10.8 Å². The Bertz CT molecular complexity index is 762. The number of carbonyl (C=O) groups excluding carboxylic acids is 1. The predicted molar refractivity (Wildman–Crippen MR) is 86.5 cm³/mol. The molecule has 0 amide bonds. The van der Waals surface area contributed by atoms with Crippen molar-refractivity contribution in [3.05, 3.63) is 59.3 Å². The molecule has 0 aliphatic carbocycles. The zero-order valence-electron chi connectivity index (χ0n) is 12.5. The molecule has 23 heavy (non-hydrogen) atoms. The second-order valence-corrected chi connectivity index (χ2v) is 5.51. The van der Waals surface area contributed by atoms with Gasteiger partial charge < -0.3 is 13.9 Å². The summed E-state index contributed by atoms with van der Waals surface area (Å²) in [7, 11) is 0. The molecular formula is C17H15NO4S. The molecule has 0 spiro atoms. The maximum atomic E-state index is 11.6. The van der Waals surface area contributed by atoms with Gasteiger partial charge in [0.1, 0.15) is 12.4 Å². The number of esters is 1. The maximum absolute atomic E-state index is 11.6. The first kappa shape index (κ1) is 15.3. The van der Waals surface area contributed by atoms with E-state index in [0.717, 1.165) is 16.5 Å². The lowest BCUT2D eigenvalue weighted by atomic mass is 10.2. The highest BCUT2D eigenvalue weighted by atomic mass is 32.1. The lowest BCUT2D eigenvalue weighted by molar-refractivity contribution is 0.0526. The van der Waals surface area contributed by atoms with E-state index in [4.69, 9.17) is 13.9 Å². The third-order valence-electron chi connectivity index (χ3n) is 3.04. The number of aromatic nitrogens is 1. The normalized spacial score (nSPS) is 10.5. The van der Waals surface area contributed by atoms with Crippen molar-refractivity contribution in [3.8, 4) is 16.5 Å². The number of benzene rings is 1. The minimum absolute atomic E-state index is 0.332. The van der Waals surface area contributed by atoms with Gasteiger partial charge in [0, 0.05) is 5.38 Å². The van der Waals surface area contributed by atoms with Gasteiger partial charge in [-0.25, -0.2) is 9.78 Å². The maximum Gasteiger partial charge on any atom is 0.338 e. The number of nitrogens with zero attached hydrogens (tertiary/aromatic N) is 1. The van der Waals surface area contributed by atoms with Crippen molar-refractivity contribution in [2.75, 3.05) is 6.61 Å². The van der Waals surface area contributed by atoms with Gasteiger partial charge in [-0.2, -0.15) is 0 Å². The molecule has 0 fully saturated rings. The second kappa shape index (κ2) is 7.11. The van der Waals surface area contributed by atoms with E-state index in [1.165, 1.54) is 11.3 Å². The largest absolute Gasteiger partial charge is 0.487 e. The quantitative estimate of drug-likeness (QED) is 0.636. The Morgan fingerprint density at radius 1 is 1.26 bits per heavy atom. The van der Waals surface area contributed by atoms with E-state index >= 15 is 0 Å². The van der Waals surface area contributed by atoms with Crippen molar-refractivity contribution in [2.45, 2.75) is 13.5 Å². The Morgan fingerprint density at radius 2 is 2.09 bits per heavy atom. The molecule has 0 N–H and O–H groups in total. The van der Waals surface area contributed by atoms with Crippen molar-refractivity contribution in [1.29, 1.82) is 0 Å². The Hall–Kier alpha value is -2.60.